The molecule has 0 amide bonds. The number of benzene rings is 1. The fraction of sp³-hybridized carbons (Fsp3) is 0.0833. The largest absolute Gasteiger partial charge is 0.305 e. The fourth-order valence-corrected chi connectivity index (χ4v) is 2.08. The maximum Gasteiger partial charge on any atom is 0.251 e. The van der Waals surface area contributed by atoms with Gasteiger partial charge in [0.1, 0.15) is 0 Å². The summed E-state index contributed by atoms with van der Waals surface area (Å²) < 4.78 is 1.69. The second-order valence-corrected chi connectivity index (χ2v) is 4.11. The monoisotopic (exact) mass is 217 g/mol. The van der Waals surface area contributed by atoms with Crippen LogP contribution in [0.15, 0.2) is 64.4 Å². The maximum atomic E-state index is 11.4. The molecule has 3 heteroatoms. The third-order valence-corrected chi connectivity index (χ3v) is 3.03. The molecule has 1 aromatic heterocycles. The van der Waals surface area contributed by atoms with Gasteiger partial charge in [0.2, 0.25) is 0 Å². The zero-order valence-corrected chi connectivity index (χ0v) is 8.98. The highest BCUT2D eigenvalue weighted by molar-refractivity contribution is 7.98. The molecule has 0 aliphatic carbocycles. The van der Waals surface area contributed by atoms with Gasteiger partial charge in [0, 0.05) is 17.2 Å². The van der Waals surface area contributed by atoms with Crippen molar-refractivity contribution in [2.24, 2.45) is 0 Å². The number of aromatic nitrogens is 1. The van der Waals surface area contributed by atoms with Gasteiger partial charge < -0.3 is 4.57 Å². The Balaban J connectivity index is 2.06. The summed E-state index contributed by atoms with van der Waals surface area (Å²) in [6.45, 7) is 0. The van der Waals surface area contributed by atoms with Crippen molar-refractivity contribution in [1.29, 1.82) is 0 Å². The summed E-state index contributed by atoms with van der Waals surface area (Å²) >= 11 is 1.65. The number of hydrogen-bond acceptors (Lipinski definition) is 2. The minimum atomic E-state index is 0.0425. The van der Waals surface area contributed by atoms with E-state index in [4.69, 9.17) is 0 Å². The van der Waals surface area contributed by atoms with Gasteiger partial charge in [0.15, 0.2) is 0 Å². The Morgan fingerprint density at radius 3 is 2.47 bits per heavy atom. The quantitative estimate of drug-likeness (QED) is 0.737. The Bertz CT molecular complexity index is 478. The number of nitrogens with zero attached hydrogens (tertiary/aromatic N) is 1. The van der Waals surface area contributed by atoms with E-state index >= 15 is 0 Å². The van der Waals surface area contributed by atoms with Crippen molar-refractivity contribution >= 4 is 11.8 Å². The lowest BCUT2D eigenvalue weighted by Crippen LogP contribution is -2.15. The zero-order chi connectivity index (χ0) is 10.5. The fourth-order valence-electron chi connectivity index (χ4n) is 1.23. The van der Waals surface area contributed by atoms with Crippen LogP contribution in [0.2, 0.25) is 0 Å². The van der Waals surface area contributed by atoms with Gasteiger partial charge in [-0.05, 0) is 18.2 Å². The van der Waals surface area contributed by atoms with Crippen LogP contribution in [0, 0.1) is 0 Å². The second kappa shape index (κ2) is 4.84. The Kier molecular flexibility index (Phi) is 3.25. The highest BCUT2D eigenvalue weighted by Gasteiger charge is 1.95. The molecule has 0 aliphatic rings. The molecule has 2 nitrogen and oxygen atoms in total. The predicted molar refractivity (Wildman–Crippen MR) is 63.0 cm³/mol. The molecule has 0 saturated carbocycles. The molecule has 0 atom stereocenters. The van der Waals surface area contributed by atoms with Crippen LogP contribution in [0.25, 0.3) is 0 Å². The van der Waals surface area contributed by atoms with Crippen LogP contribution in [0.1, 0.15) is 0 Å². The molecule has 2 aromatic rings. The average molecular weight is 217 g/mol. The minimum Gasteiger partial charge on any atom is -0.305 e. The summed E-state index contributed by atoms with van der Waals surface area (Å²) in [5.74, 6) is 0.656. The van der Waals surface area contributed by atoms with Gasteiger partial charge in [-0.1, -0.05) is 24.3 Å². The molecule has 1 heterocycles. The maximum absolute atomic E-state index is 11.4. The summed E-state index contributed by atoms with van der Waals surface area (Å²) in [6.07, 6.45) is 1.80. The van der Waals surface area contributed by atoms with Crippen LogP contribution in [-0.2, 0) is 5.88 Å². The van der Waals surface area contributed by atoms with E-state index in [0.29, 0.717) is 5.88 Å². The molecule has 0 aliphatic heterocycles. The van der Waals surface area contributed by atoms with Crippen molar-refractivity contribution in [2.45, 2.75) is 10.8 Å². The molecule has 1 aromatic carbocycles. The summed E-state index contributed by atoms with van der Waals surface area (Å²) in [5, 5.41) is 0. The zero-order valence-electron chi connectivity index (χ0n) is 8.17. The van der Waals surface area contributed by atoms with Crippen LogP contribution in [0.3, 0.4) is 0 Å². The van der Waals surface area contributed by atoms with E-state index in [0.717, 1.165) is 0 Å². The SMILES string of the molecule is O=c1ccccn1CSc1ccccc1. The minimum absolute atomic E-state index is 0.0425. The molecule has 0 unspecified atom stereocenters. The normalized spacial score (nSPS) is 10.1. The smallest absolute Gasteiger partial charge is 0.251 e. The van der Waals surface area contributed by atoms with Crippen molar-refractivity contribution in [1.82, 2.24) is 4.57 Å². The lowest BCUT2D eigenvalue weighted by atomic mass is 10.4. The number of hydrogen-bond donors (Lipinski definition) is 0. The lowest BCUT2D eigenvalue weighted by Gasteiger charge is -2.04. The van der Waals surface area contributed by atoms with Crippen LogP contribution in [-0.4, -0.2) is 4.57 Å². The van der Waals surface area contributed by atoms with E-state index in [1.165, 1.54) is 4.90 Å². The third kappa shape index (κ3) is 2.73. The van der Waals surface area contributed by atoms with Gasteiger partial charge in [-0.15, -0.1) is 11.8 Å². The summed E-state index contributed by atoms with van der Waals surface area (Å²) in [4.78, 5) is 12.6. The van der Waals surface area contributed by atoms with Crippen molar-refractivity contribution in [3.8, 4) is 0 Å². The highest BCUT2D eigenvalue weighted by atomic mass is 32.2. The van der Waals surface area contributed by atoms with E-state index < -0.39 is 0 Å². The van der Waals surface area contributed by atoms with Gasteiger partial charge in [0.25, 0.3) is 5.56 Å². The van der Waals surface area contributed by atoms with Crippen molar-refractivity contribution in [3.63, 3.8) is 0 Å². The second-order valence-electron chi connectivity index (χ2n) is 3.10. The first-order valence-electron chi connectivity index (χ1n) is 4.69. The van der Waals surface area contributed by atoms with Gasteiger partial charge in [-0.25, -0.2) is 0 Å². The molecule has 0 bridgehead atoms. The van der Waals surface area contributed by atoms with Gasteiger partial charge >= 0.3 is 0 Å². The average Bonchev–Trinajstić information content (AvgIpc) is 2.29. The highest BCUT2D eigenvalue weighted by Crippen LogP contribution is 2.17. The number of rotatable bonds is 3. The standard InChI is InChI=1S/C12H11NOS/c14-12-8-4-5-9-13(12)10-15-11-6-2-1-3-7-11/h1-9H,10H2. The number of pyridine rings is 1. The first-order valence-corrected chi connectivity index (χ1v) is 5.68. The molecule has 0 fully saturated rings. The van der Waals surface area contributed by atoms with Crippen LogP contribution in [0.5, 0.6) is 0 Å². The molecule has 0 spiro atoms. The van der Waals surface area contributed by atoms with E-state index in [2.05, 4.69) is 0 Å². The predicted octanol–water partition coefficient (Wildman–Crippen LogP) is 2.60. The third-order valence-electron chi connectivity index (χ3n) is 2.01. The van der Waals surface area contributed by atoms with E-state index in [9.17, 15) is 4.79 Å². The first kappa shape index (κ1) is 10.1. The summed E-state index contributed by atoms with van der Waals surface area (Å²) in [5.41, 5.74) is 0.0425. The molecule has 0 saturated heterocycles. The van der Waals surface area contributed by atoms with Crippen LogP contribution >= 0.6 is 11.8 Å². The van der Waals surface area contributed by atoms with E-state index in [-0.39, 0.29) is 5.56 Å². The van der Waals surface area contributed by atoms with Crippen molar-refractivity contribution in [2.75, 3.05) is 0 Å². The Labute approximate surface area is 92.6 Å². The summed E-state index contributed by atoms with van der Waals surface area (Å²) in [7, 11) is 0. The molecular weight excluding hydrogens is 206 g/mol. The topological polar surface area (TPSA) is 22.0 Å². The molecule has 15 heavy (non-hydrogen) atoms. The first-order chi connectivity index (χ1) is 7.36. The summed E-state index contributed by atoms with van der Waals surface area (Å²) in [6, 6.07) is 15.3. The molecule has 0 radical (unpaired) electrons. The molecule has 2 rings (SSSR count). The lowest BCUT2D eigenvalue weighted by molar-refractivity contribution is 0.839. The van der Waals surface area contributed by atoms with Crippen LogP contribution < -0.4 is 5.56 Å². The van der Waals surface area contributed by atoms with Crippen LogP contribution in [0.4, 0.5) is 0 Å². The van der Waals surface area contributed by atoms with Gasteiger partial charge in [-0.2, -0.15) is 0 Å². The number of thioether (sulfide) groups is 1. The van der Waals surface area contributed by atoms with E-state index in [1.807, 2.05) is 36.4 Å². The Hall–Kier alpha value is -1.48. The van der Waals surface area contributed by atoms with Gasteiger partial charge in [-0.3, -0.25) is 4.79 Å². The van der Waals surface area contributed by atoms with Gasteiger partial charge in [0.05, 0.1) is 5.88 Å². The Morgan fingerprint density at radius 1 is 1.00 bits per heavy atom. The molecular formula is C12H11NOS. The van der Waals surface area contributed by atoms with Crippen molar-refractivity contribution < 1.29 is 0 Å². The molecule has 76 valence electrons. The van der Waals surface area contributed by atoms with E-state index in [1.54, 1.807) is 34.7 Å². The van der Waals surface area contributed by atoms with Crippen molar-refractivity contribution in [3.05, 3.63) is 65.1 Å². The molecule has 0 N–H and O–H groups in total. The Morgan fingerprint density at radius 2 is 1.73 bits per heavy atom.